The van der Waals surface area contributed by atoms with Crippen molar-refractivity contribution in [1.29, 1.82) is 0 Å². The molecule has 0 radical (unpaired) electrons. The summed E-state index contributed by atoms with van der Waals surface area (Å²) in [6.45, 7) is -0.473. The molecule has 4 N–H and O–H groups in total. The van der Waals surface area contributed by atoms with Gasteiger partial charge in [-0.2, -0.15) is 0 Å². The van der Waals surface area contributed by atoms with E-state index in [1.54, 1.807) is 30.3 Å². The normalized spacial score (nSPS) is 16.1. The van der Waals surface area contributed by atoms with Crippen molar-refractivity contribution in [2.75, 3.05) is 6.61 Å². The van der Waals surface area contributed by atoms with Gasteiger partial charge in [0.05, 0.1) is 10.6 Å². The van der Waals surface area contributed by atoms with Crippen molar-refractivity contribution in [3.05, 3.63) is 58.5 Å². The average molecular weight is 414 g/mol. The number of aromatic hydroxyl groups is 1. The summed E-state index contributed by atoms with van der Waals surface area (Å²) >= 11 is 1.07. The Bertz CT molecular complexity index is 1060. The fourth-order valence-electron chi connectivity index (χ4n) is 2.36. The second-order valence-corrected chi connectivity index (χ2v) is 6.77. The number of carboxylic acid groups (broad SMARTS) is 2. The molecule has 1 aliphatic heterocycles. The third kappa shape index (κ3) is 5.14. The zero-order chi connectivity index (χ0) is 21.0. The third-order valence-electron chi connectivity index (χ3n) is 3.61. The van der Waals surface area contributed by atoms with E-state index in [1.165, 1.54) is 18.2 Å². The number of carbonyl (C=O) groups excluding carboxylic acids is 1. The predicted molar refractivity (Wildman–Crippen MR) is 105 cm³/mol. The molecule has 1 saturated heterocycles. The summed E-state index contributed by atoms with van der Waals surface area (Å²) in [6.07, 6.45) is 1.60. The van der Waals surface area contributed by atoms with Gasteiger partial charge in [-0.3, -0.25) is 4.79 Å². The van der Waals surface area contributed by atoms with E-state index in [-0.39, 0.29) is 22.3 Å². The zero-order valence-electron chi connectivity index (χ0n) is 14.7. The number of amides is 1. The van der Waals surface area contributed by atoms with Crippen LogP contribution in [0.2, 0.25) is 0 Å². The molecule has 1 heterocycles. The number of hydrogen-bond donors (Lipinski definition) is 4. The minimum Gasteiger partial charge on any atom is -0.507 e. The second-order valence-electron chi connectivity index (χ2n) is 5.74. The van der Waals surface area contributed by atoms with Crippen LogP contribution in [-0.2, 0) is 9.59 Å². The number of ether oxygens (including phenoxy) is 1. The molecular formula is C19H14N2O7S. The molecule has 10 heteroatoms. The van der Waals surface area contributed by atoms with Gasteiger partial charge in [0.1, 0.15) is 17.1 Å². The topological polar surface area (TPSA) is 146 Å². The maximum Gasteiger partial charge on any atom is 0.341 e. The lowest BCUT2D eigenvalue weighted by molar-refractivity contribution is -0.139. The Hall–Kier alpha value is -3.79. The number of thioether (sulfide) groups is 1. The minimum absolute atomic E-state index is 0.248. The number of hydrogen-bond acceptors (Lipinski definition) is 7. The van der Waals surface area contributed by atoms with Crippen LogP contribution in [0.25, 0.3) is 6.08 Å². The van der Waals surface area contributed by atoms with Crippen LogP contribution in [0.4, 0.5) is 5.69 Å². The number of aliphatic imine (C=N–C) groups is 1. The van der Waals surface area contributed by atoms with Crippen LogP contribution in [0.1, 0.15) is 15.9 Å². The highest BCUT2D eigenvalue weighted by atomic mass is 32.2. The first kappa shape index (κ1) is 20.0. The Balaban J connectivity index is 1.77. The fraction of sp³-hybridized carbons (Fsp3) is 0.0526. The summed E-state index contributed by atoms with van der Waals surface area (Å²) in [6, 6.07) is 10.4. The minimum atomic E-state index is -1.26. The number of nitrogens with zero attached hydrogens (tertiary/aromatic N) is 1. The van der Waals surface area contributed by atoms with Crippen LogP contribution >= 0.6 is 11.8 Å². The van der Waals surface area contributed by atoms with Crippen LogP contribution in [-0.4, -0.2) is 44.9 Å². The summed E-state index contributed by atoms with van der Waals surface area (Å²) < 4.78 is 5.11. The number of nitrogens with one attached hydrogen (secondary N) is 1. The van der Waals surface area contributed by atoms with Crippen molar-refractivity contribution >= 4 is 46.5 Å². The number of carboxylic acids is 2. The Morgan fingerprint density at radius 3 is 2.66 bits per heavy atom. The van der Waals surface area contributed by atoms with E-state index in [2.05, 4.69) is 10.3 Å². The maximum absolute atomic E-state index is 12.2. The summed E-state index contributed by atoms with van der Waals surface area (Å²) in [4.78, 5) is 38.2. The monoisotopic (exact) mass is 414 g/mol. The number of rotatable bonds is 6. The van der Waals surface area contributed by atoms with Gasteiger partial charge in [-0.1, -0.05) is 12.1 Å². The quantitative estimate of drug-likeness (QED) is 0.527. The largest absolute Gasteiger partial charge is 0.507 e. The number of benzene rings is 2. The molecule has 1 aliphatic rings. The summed E-state index contributed by atoms with van der Waals surface area (Å²) in [7, 11) is 0. The van der Waals surface area contributed by atoms with Gasteiger partial charge in [0.15, 0.2) is 11.8 Å². The van der Waals surface area contributed by atoms with Gasteiger partial charge >= 0.3 is 11.9 Å². The zero-order valence-corrected chi connectivity index (χ0v) is 15.5. The number of amidine groups is 1. The lowest BCUT2D eigenvalue weighted by Crippen LogP contribution is -2.19. The molecule has 0 aromatic heterocycles. The first-order chi connectivity index (χ1) is 13.8. The van der Waals surface area contributed by atoms with E-state index < -0.39 is 24.3 Å². The van der Waals surface area contributed by atoms with Crippen molar-refractivity contribution in [3.8, 4) is 11.5 Å². The van der Waals surface area contributed by atoms with Gasteiger partial charge in [0.2, 0.25) is 0 Å². The number of aromatic carboxylic acids is 1. The van der Waals surface area contributed by atoms with Crippen molar-refractivity contribution < 1.29 is 34.4 Å². The molecule has 0 saturated carbocycles. The van der Waals surface area contributed by atoms with Crippen molar-refractivity contribution in [2.45, 2.75) is 0 Å². The van der Waals surface area contributed by atoms with Gasteiger partial charge in [-0.25, -0.2) is 14.6 Å². The Kier molecular flexibility index (Phi) is 5.84. The van der Waals surface area contributed by atoms with Crippen LogP contribution in [0, 0.1) is 0 Å². The summed E-state index contributed by atoms with van der Waals surface area (Å²) in [5, 5.41) is 30.2. The molecule has 29 heavy (non-hydrogen) atoms. The van der Waals surface area contributed by atoms with Gasteiger partial charge in [0, 0.05) is 6.07 Å². The number of aliphatic carboxylic acids is 1. The Morgan fingerprint density at radius 1 is 1.17 bits per heavy atom. The SMILES string of the molecule is O=C(O)COc1cccc(/C=C2\SC(=Nc3ccc(C(=O)O)c(O)c3)NC2=O)c1. The average Bonchev–Trinajstić information content (AvgIpc) is 2.99. The van der Waals surface area contributed by atoms with Crippen LogP contribution < -0.4 is 10.1 Å². The first-order valence-electron chi connectivity index (χ1n) is 8.12. The van der Waals surface area contributed by atoms with E-state index >= 15 is 0 Å². The van der Waals surface area contributed by atoms with Gasteiger partial charge in [-0.05, 0) is 47.7 Å². The molecule has 3 rings (SSSR count). The smallest absolute Gasteiger partial charge is 0.341 e. The maximum atomic E-state index is 12.2. The number of carbonyl (C=O) groups is 3. The molecule has 2 aromatic rings. The molecule has 0 spiro atoms. The lowest BCUT2D eigenvalue weighted by atomic mass is 10.2. The van der Waals surface area contributed by atoms with Crippen LogP contribution in [0.5, 0.6) is 11.5 Å². The van der Waals surface area contributed by atoms with E-state index in [0.717, 1.165) is 11.8 Å². The van der Waals surface area contributed by atoms with Crippen LogP contribution in [0.15, 0.2) is 52.4 Å². The molecule has 1 amide bonds. The van der Waals surface area contributed by atoms with Gasteiger partial charge in [0.25, 0.3) is 5.91 Å². The van der Waals surface area contributed by atoms with Gasteiger partial charge < -0.3 is 25.4 Å². The molecule has 0 aliphatic carbocycles. The molecule has 0 atom stereocenters. The highest BCUT2D eigenvalue weighted by Crippen LogP contribution is 2.30. The molecule has 0 unspecified atom stereocenters. The summed E-state index contributed by atoms with van der Waals surface area (Å²) in [5.41, 5.74) is 0.665. The highest BCUT2D eigenvalue weighted by Gasteiger charge is 2.24. The Labute approximate surface area is 168 Å². The number of phenols is 1. The first-order valence-corrected chi connectivity index (χ1v) is 8.94. The van der Waals surface area contributed by atoms with E-state index in [9.17, 15) is 19.5 Å². The molecule has 148 valence electrons. The Morgan fingerprint density at radius 2 is 1.97 bits per heavy atom. The summed E-state index contributed by atoms with van der Waals surface area (Å²) in [5.74, 6) is -2.81. The molecule has 0 bridgehead atoms. The van der Waals surface area contributed by atoms with Crippen molar-refractivity contribution in [1.82, 2.24) is 5.32 Å². The van der Waals surface area contributed by atoms with Crippen LogP contribution in [0.3, 0.4) is 0 Å². The fourth-order valence-corrected chi connectivity index (χ4v) is 3.20. The molecular weight excluding hydrogens is 400 g/mol. The van der Waals surface area contributed by atoms with E-state index in [0.29, 0.717) is 16.2 Å². The molecule has 1 fully saturated rings. The van der Waals surface area contributed by atoms with Crippen molar-refractivity contribution in [2.24, 2.45) is 4.99 Å². The van der Waals surface area contributed by atoms with E-state index in [1.807, 2.05) is 0 Å². The molecule has 2 aromatic carbocycles. The predicted octanol–water partition coefficient (Wildman–Crippen LogP) is 2.45. The second kappa shape index (κ2) is 8.48. The highest BCUT2D eigenvalue weighted by molar-refractivity contribution is 8.18. The lowest BCUT2D eigenvalue weighted by Gasteiger charge is -2.03. The van der Waals surface area contributed by atoms with Gasteiger partial charge in [-0.15, -0.1) is 0 Å². The van der Waals surface area contributed by atoms with Crippen molar-refractivity contribution in [3.63, 3.8) is 0 Å². The third-order valence-corrected chi connectivity index (χ3v) is 4.52. The standard InChI is InChI=1S/C19H14N2O7S/c22-14-8-11(4-5-13(14)18(26)27)20-19-21-17(25)15(29-19)7-10-2-1-3-12(6-10)28-9-16(23)24/h1-8,22H,9H2,(H,23,24)(H,26,27)(H,20,21,25)/b15-7-. The molecule has 9 nitrogen and oxygen atoms in total. The van der Waals surface area contributed by atoms with E-state index in [4.69, 9.17) is 14.9 Å².